The summed E-state index contributed by atoms with van der Waals surface area (Å²) in [6.45, 7) is 4.96. The second-order valence-electron chi connectivity index (χ2n) is 3.31. The van der Waals surface area contributed by atoms with Gasteiger partial charge in [0, 0.05) is 16.1 Å². The first-order valence-electron chi connectivity index (χ1n) is 4.41. The number of aryl methyl sites for hydroxylation is 2. The van der Waals surface area contributed by atoms with Gasteiger partial charge < -0.3 is 5.73 Å². The largest absolute Gasteiger partial charge is 0.326 e. The van der Waals surface area contributed by atoms with Gasteiger partial charge in [0.2, 0.25) is 0 Å². The lowest BCUT2D eigenvalue weighted by atomic mass is 10.1. The Morgan fingerprint density at radius 2 is 2.08 bits per heavy atom. The molecule has 2 N–H and O–H groups in total. The molecule has 1 heterocycles. The molecule has 2 heteroatoms. The molecule has 0 spiro atoms. The molecule has 0 bridgehead atoms. The quantitative estimate of drug-likeness (QED) is 0.736. The predicted molar refractivity (Wildman–Crippen MR) is 59.2 cm³/mol. The van der Waals surface area contributed by atoms with Crippen molar-refractivity contribution in [2.75, 3.05) is 0 Å². The van der Waals surface area contributed by atoms with E-state index in [2.05, 4.69) is 32.0 Å². The third-order valence-electron chi connectivity index (χ3n) is 2.44. The second-order valence-corrected chi connectivity index (χ2v) is 4.41. The molecule has 0 aliphatic rings. The van der Waals surface area contributed by atoms with E-state index in [0.29, 0.717) is 6.54 Å². The first-order chi connectivity index (χ1) is 6.24. The average molecular weight is 191 g/mol. The maximum absolute atomic E-state index is 5.67. The van der Waals surface area contributed by atoms with Gasteiger partial charge in [-0.2, -0.15) is 0 Å². The van der Waals surface area contributed by atoms with E-state index in [-0.39, 0.29) is 0 Å². The Bertz CT molecular complexity index is 443. The predicted octanol–water partition coefficient (Wildman–Crippen LogP) is 2.98. The van der Waals surface area contributed by atoms with E-state index in [0.717, 1.165) is 0 Å². The van der Waals surface area contributed by atoms with Crippen LogP contribution in [0.3, 0.4) is 0 Å². The molecule has 2 rings (SSSR count). The van der Waals surface area contributed by atoms with E-state index in [1.54, 1.807) is 0 Å². The minimum absolute atomic E-state index is 0.657. The van der Waals surface area contributed by atoms with Crippen molar-refractivity contribution < 1.29 is 0 Å². The van der Waals surface area contributed by atoms with Crippen LogP contribution in [-0.4, -0.2) is 0 Å². The van der Waals surface area contributed by atoms with Crippen LogP contribution in [0.1, 0.15) is 16.0 Å². The smallest absolute Gasteiger partial charge is 0.0378 e. The third-order valence-corrected chi connectivity index (χ3v) is 3.91. The van der Waals surface area contributed by atoms with Crippen LogP contribution in [0.15, 0.2) is 18.2 Å². The van der Waals surface area contributed by atoms with Crippen molar-refractivity contribution in [1.82, 2.24) is 0 Å². The van der Waals surface area contributed by atoms with E-state index in [4.69, 9.17) is 5.73 Å². The Morgan fingerprint density at radius 3 is 2.69 bits per heavy atom. The Balaban J connectivity index is 2.83. The molecule has 1 nitrogen and oxygen atoms in total. The van der Waals surface area contributed by atoms with E-state index in [1.807, 2.05) is 11.3 Å². The van der Waals surface area contributed by atoms with Gasteiger partial charge in [-0.05, 0) is 30.4 Å². The molecule has 68 valence electrons. The van der Waals surface area contributed by atoms with Crippen LogP contribution in [0.2, 0.25) is 0 Å². The first kappa shape index (κ1) is 8.73. The van der Waals surface area contributed by atoms with E-state index in [1.165, 1.54) is 26.1 Å². The lowest BCUT2D eigenvalue weighted by Gasteiger charge is -1.94. The number of fused-ring (bicyclic) bond motifs is 1. The molecule has 1 aromatic heterocycles. The fourth-order valence-electron chi connectivity index (χ4n) is 1.63. The fraction of sp³-hybridized carbons (Fsp3) is 0.273. The van der Waals surface area contributed by atoms with Crippen LogP contribution in [0.4, 0.5) is 0 Å². The maximum atomic E-state index is 5.67. The topological polar surface area (TPSA) is 26.0 Å². The molecule has 2 aromatic rings. The number of thiophene rings is 1. The summed E-state index contributed by atoms with van der Waals surface area (Å²) in [5.74, 6) is 0. The number of hydrogen-bond acceptors (Lipinski definition) is 2. The summed E-state index contributed by atoms with van der Waals surface area (Å²) in [5, 5.41) is 1.37. The zero-order valence-electron chi connectivity index (χ0n) is 7.92. The summed E-state index contributed by atoms with van der Waals surface area (Å²) in [7, 11) is 0. The Morgan fingerprint density at radius 1 is 1.31 bits per heavy atom. The van der Waals surface area contributed by atoms with Gasteiger partial charge >= 0.3 is 0 Å². The van der Waals surface area contributed by atoms with Crippen molar-refractivity contribution >= 4 is 21.4 Å². The summed E-state index contributed by atoms with van der Waals surface area (Å²) in [6.07, 6.45) is 0. The van der Waals surface area contributed by atoms with Gasteiger partial charge in [-0.1, -0.05) is 18.2 Å². The molecule has 0 unspecified atom stereocenters. The van der Waals surface area contributed by atoms with Crippen LogP contribution in [0, 0.1) is 13.8 Å². The molecule has 0 atom stereocenters. The summed E-state index contributed by atoms with van der Waals surface area (Å²) in [5.41, 5.74) is 8.38. The number of hydrogen-bond donors (Lipinski definition) is 1. The molecule has 0 saturated carbocycles. The minimum Gasteiger partial charge on any atom is -0.326 e. The minimum atomic E-state index is 0.657. The van der Waals surface area contributed by atoms with Crippen molar-refractivity contribution in [2.45, 2.75) is 20.4 Å². The van der Waals surface area contributed by atoms with Crippen molar-refractivity contribution in [3.63, 3.8) is 0 Å². The van der Waals surface area contributed by atoms with Crippen molar-refractivity contribution in [1.29, 1.82) is 0 Å². The van der Waals surface area contributed by atoms with Crippen molar-refractivity contribution in [3.8, 4) is 0 Å². The summed E-state index contributed by atoms with van der Waals surface area (Å²) >= 11 is 1.83. The SMILES string of the molecule is Cc1c(CN)sc2c(C)cccc12. The third kappa shape index (κ3) is 1.26. The molecule has 0 amide bonds. The monoisotopic (exact) mass is 191 g/mol. The summed E-state index contributed by atoms with van der Waals surface area (Å²) in [4.78, 5) is 1.31. The molecule has 1 aromatic carbocycles. The highest BCUT2D eigenvalue weighted by Gasteiger charge is 2.07. The zero-order valence-corrected chi connectivity index (χ0v) is 8.74. The summed E-state index contributed by atoms with van der Waals surface area (Å²) < 4.78 is 1.39. The lowest BCUT2D eigenvalue weighted by molar-refractivity contribution is 1.09. The van der Waals surface area contributed by atoms with Crippen LogP contribution < -0.4 is 5.73 Å². The lowest BCUT2D eigenvalue weighted by Crippen LogP contribution is -1.93. The van der Waals surface area contributed by atoms with Crippen molar-refractivity contribution in [2.24, 2.45) is 5.73 Å². The Labute approximate surface area is 82.2 Å². The maximum Gasteiger partial charge on any atom is 0.0378 e. The standard InChI is InChI=1S/C11H13NS/c1-7-4-3-5-9-8(2)10(6-12)13-11(7)9/h3-5H,6,12H2,1-2H3. The van der Waals surface area contributed by atoms with Gasteiger partial charge in [-0.3, -0.25) is 0 Å². The fourth-order valence-corrected chi connectivity index (χ4v) is 2.78. The van der Waals surface area contributed by atoms with Crippen LogP contribution in [-0.2, 0) is 6.54 Å². The normalized spacial score (nSPS) is 11.0. The van der Waals surface area contributed by atoms with Gasteiger partial charge in [0.05, 0.1) is 0 Å². The number of benzene rings is 1. The Kier molecular flexibility index (Phi) is 2.10. The highest BCUT2D eigenvalue weighted by molar-refractivity contribution is 7.19. The van der Waals surface area contributed by atoms with Crippen molar-refractivity contribution in [3.05, 3.63) is 34.2 Å². The Hall–Kier alpha value is -0.860. The molecule has 0 aliphatic carbocycles. The van der Waals surface area contributed by atoms with Gasteiger partial charge in [0.1, 0.15) is 0 Å². The van der Waals surface area contributed by atoms with Gasteiger partial charge in [0.25, 0.3) is 0 Å². The highest BCUT2D eigenvalue weighted by atomic mass is 32.1. The molecule has 0 radical (unpaired) electrons. The van der Waals surface area contributed by atoms with Gasteiger partial charge in [-0.15, -0.1) is 11.3 Å². The summed E-state index contributed by atoms with van der Waals surface area (Å²) in [6, 6.07) is 6.43. The highest BCUT2D eigenvalue weighted by Crippen LogP contribution is 2.32. The molecule has 13 heavy (non-hydrogen) atoms. The molecule has 0 fully saturated rings. The first-order valence-corrected chi connectivity index (χ1v) is 5.23. The van der Waals surface area contributed by atoms with Gasteiger partial charge in [-0.25, -0.2) is 0 Å². The molecule has 0 saturated heterocycles. The van der Waals surface area contributed by atoms with Crippen LogP contribution in [0.5, 0.6) is 0 Å². The number of nitrogens with two attached hydrogens (primary N) is 1. The van der Waals surface area contributed by atoms with Gasteiger partial charge in [0.15, 0.2) is 0 Å². The average Bonchev–Trinajstić information content (AvgIpc) is 2.45. The molecule has 0 aliphatic heterocycles. The molecular weight excluding hydrogens is 178 g/mol. The van der Waals surface area contributed by atoms with E-state index >= 15 is 0 Å². The zero-order chi connectivity index (χ0) is 9.42. The van der Waals surface area contributed by atoms with E-state index in [9.17, 15) is 0 Å². The van der Waals surface area contributed by atoms with E-state index < -0.39 is 0 Å². The second kappa shape index (κ2) is 3.13. The van der Waals surface area contributed by atoms with Crippen LogP contribution >= 0.6 is 11.3 Å². The molecular formula is C11H13NS. The number of rotatable bonds is 1. The van der Waals surface area contributed by atoms with Crippen LogP contribution in [0.25, 0.3) is 10.1 Å².